The second kappa shape index (κ2) is 7.09. The van der Waals surface area contributed by atoms with Crippen LogP contribution in [-0.2, 0) is 6.54 Å². The third kappa shape index (κ3) is 4.09. The first-order chi connectivity index (χ1) is 9.69. The minimum atomic E-state index is 0.433. The fraction of sp³-hybridized carbons (Fsp3) is 0.250. The molecule has 4 heteroatoms. The number of nitrogens with one attached hydrogen (secondary N) is 1. The van der Waals surface area contributed by atoms with Gasteiger partial charge in [-0.05, 0) is 29.8 Å². The van der Waals surface area contributed by atoms with Crippen LogP contribution in [0.5, 0.6) is 0 Å². The Kier molecular flexibility index (Phi) is 5.16. The topological polar surface area (TPSA) is 48.7 Å². The van der Waals surface area contributed by atoms with Gasteiger partial charge in [-0.15, -0.1) is 0 Å². The minimum absolute atomic E-state index is 0.433. The lowest BCUT2D eigenvalue weighted by molar-refractivity contribution is 0.588. The summed E-state index contributed by atoms with van der Waals surface area (Å²) >= 11 is 1.52. The van der Waals surface area contributed by atoms with E-state index < -0.39 is 0 Å². The number of hydrogen-bond donors (Lipinski definition) is 1. The number of benzene rings is 1. The molecular weight excluding hydrogens is 266 g/mol. The zero-order chi connectivity index (χ0) is 14.4. The fourth-order valence-corrected chi connectivity index (χ4v) is 2.54. The fourth-order valence-electron chi connectivity index (χ4n) is 1.71. The van der Waals surface area contributed by atoms with Crippen molar-refractivity contribution in [3.63, 3.8) is 0 Å². The van der Waals surface area contributed by atoms with Gasteiger partial charge in [0, 0.05) is 23.7 Å². The summed E-state index contributed by atoms with van der Waals surface area (Å²) in [5.74, 6) is 0. The number of nitrogens with zero attached hydrogens (tertiary/aromatic N) is 2. The van der Waals surface area contributed by atoms with Gasteiger partial charge in [0.15, 0.2) is 0 Å². The molecule has 0 saturated heterocycles. The average Bonchev–Trinajstić information content (AvgIpc) is 2.47. The lowest BCUT2D eigenvalue weighted by atomic mass is 10.1. The Morgan fingerprint density at radius 3 is 2.80 bits per heavy atom. The molecule has 0 aliphatic heterocycles. The molecule has 0 fully saturated rings. The van der Waals surface area contributed by atoms with E-state index in [0.29, 0.717) is 11.6 Å². The van der Waals surface area contributed by atoms with Crippen molar-refractivity contribution in [1.82, 2.24) is 10.3 Å². The molecule has 0 bridgehead atoms. The molecule has 0 atom stereocenters. The zero-order valence-corrected chi connectivity index (χ0v) is 12.4. The van der Waals surface area contributed by atoms with Crippen LogP contribution in [0.4, 0.5) is 0 Å². The van der Waals surface area contributed by atoms with Crippen LogP contribution in [0.3, 0.4) is 0 Å². The van der Waals surface area contributed by atoms with Crippen LogP contribution in [-0.4, -0.2) is 11.0 Å². The summed E-state index contributed by atoms with van der Waals surface area (Å²) in [6.45, 7) is 4.99. The summed E-state index contributed by atoms with van der Waals surface area (Å²) in [6, 6.07) is 14.5. The Labute approximate surface area is 124 Å². The van der Waals surface area contributed by atoms with E-state index in [4.69, 9.17) is 0 Å². The zero-order valence-electron chi connectivity index (χ0n) is 11.6. The average molecular weight is 283 g/mol. The summed E-state index contributed by atoms with van der Waals surface area (Å²) in [5, 5.41) is 13.5. The number of nitriles is 1. The SMILES string of the molecule is CC(C)NCc1ccc(Sc2ccccn2)c(C#N)c1. The van der Waals surface area contributed by atoms with Gasteiger partial charge in [0.2, 0.25) is 0 Å². The first-order valence-corrected chi connectivity index (χ1v) is 7.36. The van der Waals surface area contributed by atoms with Gasteiger partial charge in [0.05, 0.1) is 5.56 Å². The number of rotatable bonds is 5. The van der Waals surface area contributed by atoms with Crippen molar-refractivity contribution in [1.29, 1.82) is 5.26 Å². The first kappa shape index (κ1) is 14.6. The van der Waals surface area contributed by atoms with Crippen LogP contribution >= 0.6 is 11.8 Å². The van der Waals surface area contributed by atoms with E-state index in [2.05, 4.69) is 36.3 Å². The number of aromatic nitrogens is 1. The van der Waals surface area contributed by atoms with E-state index in [1.54, 1.807) is 6.20 Å². The molecule has 2 aromatic rings. The van der Waals surface area contributed by atoms with Crippen LogP contribution in [0.15, 0.2) is 52.5 Å². The normalized spacial score (nSPS) is 10.5. The van der Waals surface area contributed by atoms with Crippen molar-refractivity contribution in [2.24, 2.45) is 0 Å². The molecule has 102 valence electrons. The smallest absolute Gasteiger partial charge is 0.101 e. The standard InChI is InChI=1S/C16H17N3S/c1-12(2)19-11-13-6-7-15(14(9-13)10-17)20-16-5-3-4-8-18-16/h3-9,12,19H,11H2,1-2H3. The van der Waals surface area contributed by atoms with Crippen molar-refractivity contribution in [2.45, 2.75) is 36.4 Å². The third-order valence-corrected chi connectivity index (χ3v) is 3.76. The Hall–Kier alpha value is -1.83. The minimum Gasteiger partial charge on any atom is -0.310 e. The van der Waals surface area contributed by atoms with E-state index in [1.165, 1.54) is 11.8 Å². The van der Waals surface area contributed by atoms with Crippen molar-refractivity contribution >= 4 is 11.8 Å². The van der Waals surface area contributed by atoms with Crippen molar-refractivity contribution in [2.75, 3.05) is 0 Å². The van der Waals surface area contributed by atoms with Crippen molar-refractivity contribution in [3.8, 4) is 6.07 Å². The van der Waals surface area contributed by atoms with E-state index in [1.807, 2.05) is 30.3 Å². The van der Waals surface area contributed by atoms with Gasteiger partial charge in [0.25, 0.3) is 0 Å². The predicted octanol–water partition coefficient (Wildman–Crippen LogP) is 3.60. The first-order valence-electron chi connectivity index (χ1n) is 6.54. The Morgan fingerprint density at radius 1 is 1.30 bits per heavy atom. The van der Waals surface area contributed by atoms with Crippen molar-refractivity contribution in [3.05, 3.63) is 53.7 Å². The molecular formula is C16H17N3S. The molecule has 1 heterocycles. The molecule has 0 unspecified atom stereocenters. The molecule has 1 N–H and O–H groups in total. The highest BCUT2D eigenvalue weighted by atomic mass is 32.2. The van der Waals surface area contributed by atoms with Crippen LogP contribution in [0.1, 0.15) is 25.0 Å². The highest BCUT2D eigenvalue weighted by molar-refractivity contribution is 7.99. The Balaban J connectivity index is 2.16. The van der Waals surface area contributed by atoms with Gasteiger partial charge in [0.1, 0.15) is 11.1 Å². The van der Waals surface area contributed by atoms with Gasteiger partial charge >= 0.3 is 0 Å². The van der Waals surface area contributed by atoms with E-state index in [0.717, 1.165) is 22.0 Å². The maximum atomic E-state index is 9.29. The van der Waals surface area contributed by atoms with Crippen LogP contribution in [0, 0.1) is 11.3 Å². The summed E-state index contributed by atoms with van der Waals surface area (Å²) in [5.41, 5.74) is 1.82. The predicted molar refractivity (Wildman–Crippen MR) is 81.5 cm³/mol. The van der Waals surface area contributed by atoms with Gasteiger partial charge in [-0.2, -0.15) is 5.26 Å². The Bertz CT molecular complexity index is 603. The third-order valence-electron chi connectivity index (χ3n) is 2.73. The van der Waals surface area contributed by atoms with E-state index in [9.17, 15) is 5.26 Å². The molecule has 0 saturated carbocycles. The molecule has 1 aromatic heterocycles. The molecule has 3 nitrogen and oxygen atoms in total. The molecule has 0 spiro atoms. The van der Waals surface area contributed by atoms with Crippen molar-refractivity contribution < 1.29 is 0 Å². The lowest BCUT2D eigenvalue weighted by Crippen LogP contribution is -2.21. The Morgan fingerprint density at radius 2 is 2.15 bits per heavy atom. The lowest BCUT2D eigenvalue weighted by Gasteiger charge is -2.10. The highest BCUT2D eigenvalue weighted by Gasteiger charge is 2.06. The van der Waals surface area contributed by atoms with Gasteiger partial charge in [-0.1, -0.05) is 37.7 Å². The molecule has 0 aliphatic rings. The summed E-state index contributed by atoms with van der Waals surface area (Å²) in [4.78, 5) is 5.22. The molecule has 0 radical (unpaired) electrons. The van der Waals surface area contributed by atoms with Crippen LogP contribution < -0.4 is 5.32 Å². The number of pyridine rings is 1. The maximum Gasteiger partial charge on any atom is 0.101 e. The molecule has 0 aliphatic carbocycles. The monoisotopic (exact) mass is 283 g/mol. The van der Waals surface area contributed by atoms with E-state index >= 15 is 0 Å². The summed E-state index contributed by atoms with van der Waals surface area (Å²) < 4.78 is 0. The second-order valence-electron chi connectivity index (χ2n) is 4.75. The summed E-state index contributed by atoms with van der Waals surface area (Å²) in [6.07, 6.45) is 1.76. The highest BCUT2D eigenvalue weighted by Crippen LogP contribution is 2.29. The molecule has 2 rings (SSSR count). The second-order valence-corrected chi connectivity index (χ2v) is 5.81. The van der Waals surface area contributed by atoms with Crippen LogP contribution in [0.25, 0.3) is 0 Å². The van der Waals surface area contributed by atoms with Crippen LogP contribution in [0.2, 0.25) is 0 Å². The quantitative estimate of drug-likeness (QED) is 0.910. The van der Waals surface area contributed by atoms with Gasteiger partial charge < -0.3 is 5.32 Å². The van der Waals surface area contributed by atoms with Gasteiger partial charge in [-0.3, -0.25) is 0 Å². The van der Waals surface area contributed by atoms with Gasteiger partial charge in [-0.25, -0.2) is 4.98 Å². The summed E-state index contributed by atoms with van der Waals surface area (Å²) in [7, 11) is 0. The van der Waals surface area contributed by atoms with E-state index in [-0.39, 0.29) is 0 Å². The number of hydrogen-bond acceptors (Lipinski definition) is 4. The molecule has 0 amide bonds. The largest absolute Gasteiger partial charge is 0.310 e. The molecule has 1 aromatic carbocycles. The molecule has 20 heavy (non-hydrogen) atoms. The maximum absolute atomic E-state index is 9.29.